The quantitative estimate of drug-likeness (QED) is 0.623. The fraction of sp³-hybridized carbons (Fsp3) is 0.350. The van der Waals surface area contributed by atoms with Crippen molar-refractivity contribution in [2.45, 2.75) is 19.5 Å². The van der Waals surface area contributed by atoms with E-state index >= 15 is 0 Å². The molecule has 8 nitrogen and oxygen atoms in total. The van der Waals surface area contributed by atoms with Crippen LogP contribution in [0.2, 0.25) is 5.02 Å². The third-order valence-corrected chi connectivity index (χ3v) is 5.84. The van der Waals surface area contributed by atoms with E-state index in [0.29, 0.717) is 16.5 Å². The molecule has 10 heteroatoms. The summed E-state index contributed by atoms with van der Waals surface area (Å²) in [7, 11) is 0.646. The van der Waals surface area contributed by atoms with Gasteiger partial charge < -0.3 is 19.5 Å². The fourth-order valence-electron chi connectivity index (χ4n) is 2.94. The molecule has 0 bridgehead atoms. The van der Waals surface area contributed by atoms with Crippen LogP contribution >= 0.6 is 11.6 Å². The number of anilines is 1. The molecule has 30 heavy (non-hydrogen) atoms. The van der Waals surface area contributed by atoms with E-state index < -0.39 is 22.0 Å². The van der Waals surface area contributed by atoms with Gasteiger partial charge in [-0.25, -0.2) is 8.42 Å². The van der Waals surface area contributed by atoms with Crippen molar-refractivity contribution in [1.82, 2.24) is 5.32 Å². The topological polar surface area (TPSA) is 94.2 Å². The summed E-state index contributed by atoms with van der Waals surface area (Å²) in [5, 5.41) is 3.06. The predicted octanol–water partition coefficient (Wildman–Crippen LogP) is 2.84. The molecule has 0 heterocycles. The summed E-state index contributed by atoms with van der Waals surface area (Å²) in [4.78, 5) is 12.8. The third kappa shape index (κ3) is 5.48. The van der Waals surface area contributed by atoms with Crippen molar-refractivity contribution in [2.24, 2.45) is 0 Å². The van der Waals surface area contributed by atoms with Crippen molar-refractivity contribution in [3.8, 4) is 17.2 Å². The number of ether oxygens (including phenoxy) is 3. The lowest BCUT2D eigenvalue weighted by atomic mass is 10.2. The number of sulfonamides is 1. The Morgan fingerprint density at radius 2 is 1.63 bits per heavy atom. The second kappa shape index (κ2) is 9.90. The fourth-order valence-corrected chi connectivity index (χ4v) is 4.28. The number of nitrogens with zero attached hydrogens (tertiary/aromatic N) is 1. The van der Waals surface area contributed by atoms with Gasteiger partial charge in [0.25, 0.3) is 0 Å². The maximum absolute atomic E-state index is 12.8. The molecule has 0 spiro atoms. The molecule has 1 amide bonds. The first kappa shape index (κ1) is 23.6. The molecule has 0 fully saturated rings. The molecule has 2 aromatic carbocycles. The Labute approximate surface area is 181 Å². The van der Waals surface area contributed by atoms with Crippen molar-refractivity contribution in [2.75, 3.05) is 31.9 Å². The van der Waals surface area contributed by atoms with Crippen molar-refractivity contribution in [3.63, 3.8) is 0 Å². The standard InChI is InChI=1S/C20H25ClN2O6S/c1-13(20(24)22-12-14-6-8-18(28-3)19(10-14)29-4)23(30(5,25)26)16-11-15(21)7-9-17(16)27-2/h6-11,13H,12H2,1-5H3,(H,22,24)/t13-/m0/s1. The van der Waals surface area contributed by atoms with Gasteiger partial charge in [0.05, 0.1) is 33.3 Å². The van der Waals surface area contributed by atoms with E-state index in [1.807, 2.05) is 0 Å². The van der Waals surface area contributed by atoms with E-state index in [1.54, 1.807) is 30.3 Å². The number of halogens is 1. The highest BCUT2D eigenvalue weighted by Gasteiger charge is 2.31. The van der Waals surface area contributed by atoms with Gasteiger partial charge in [-0.3, -0.25) is 9.10 Å². The Morgan fingerprint density at radius 3 is 2.20 bits per heavy atom. The first-order valence-electron chi connectivity index (χ1n) is 8.94. The molecular formula is C20H25ClN2O6S. The number of nitrogens with one attached hydrogen (secondary N) is 1. The van der Waals surface area contributed by atoms with Crippen LogP contribution in [0.15, 0.2) is 36.4 Å². The van der Waals surface area contributed by atoms with Crippen molar-refractivity contribution < 1.29 is 27.4 Å². The number of carbonyl (C=O) groups is 1. The summed E-state index contributed by atoms with van der Waals surface area (Å²) >= 11 is 6.05. The van der Waals surface area contributed by atoms with Crippen LogP contribution in [-0.2, 0) is 21.4 Å². The Hall–Kier alpha value is -2.65. The zero-order chi connectivity index (χ0) is 22.5. The summed E-state index contributed by atoms with van der Waals surface area (Å²) in [6, 6.07) is 8.75. The average Bonchev–Trinajstić information content (AvgIpc) is 2.70. The Balaban J connectivity index is 2.26. The smallest absolute Gasteiger partial charge is 0.243 e. The maximum atomic E-state index is 12.8. The van der Waals surface area contributed by atoms with Crippen LogP contribution in [0.5, 0.6) is 17.2 Å². The lowest BCUT2D eigenvalue weighted by Gasteiger charge is -2.29. The Bertz CT molecular complexity index is 1010. The molecule has 1 N–H and O–H groups in total. The Morgan fingerprint density at radius 1 is 1.03 bits per heavy atom. The van der Waals surface area contributed by atoms with Crippen LogP contribution in [-0.4, -0.2) is 48.0 Å². The molecule has 0 saturated carbocycles. The predicted molar refractivity (Wildman–Crippen MR) is 116 cm³/mol. The number of hydrogen-bond donors (Lipinski definition) is 1. The first-order valence-corrected chi connectivity index (χ1v) is 11.2. The lowest BCUT2D eigenvalue weighted by molar-refractivity contribution is -0.122. The molecule has 2 aromatic rings. The second-order valence-electron chi connectivity index (χ2n) is 6.46. The number of benzene rings is 2. The molecule has 1 atom stereocenters. The van der Waals surface area contributed by atoms with Crippen LogP contribution in [0.25, 0.3) is 0 Å². The first-order chi connectivity index (χ1) is 14.1. The van der Waals surface area contributed by atoms with Crippen molar-refractivity contribution >= 4 is 33.2 Å². The zero-order valence-electron chi connectivity index (χ0n) is 17.4. The van der Waals surface area contributed by atoms with E-state index in [2.05, 4.69) is 5.32 Å². The van der Waals surface area contributed by atoms with Gasteiger partial charge in [0.2, 0.25) is 15.9 Å². The van der Waals surface area contributed by atoms with E-state index in [0.717, 1.165) is 16.1 Å². The number of rotatable bonds is 9. The number of methoxy groups -OCH3 is 3. The normalized spacial score (nSPS) is 12.1. The number of hydrogen-bond acceptors (Lipinski definition) is 6. The highest BCUT2D eigenvalue weighted by molar-refractivity contribution is 7.92. The lowest BCUT2D eigenvalue weighted by Crippen LogP contribution is -2.47. The highest BCUT2D eigenvalue weighted by atomic mass is 35.5. The van der Waals surface area contributed by atoms with Gasteiger partial charge in [-0.15, -0.1) is 0 Å². The highest BCUT2D eigenvalue weighted by Crippen LogP contribution is 2.34. The summed E-state index contributed by atoms with van der Waals surface area (Å²) in [6.45, 7) is 1.67. The number of amides is 1. The molecule has 0 aliphatic heterocycles. The summed E-state index contributed by atoms with van der Waals surface area (Å²) in [5.74, 6) is 0.887. The van der Waals surface area contributed by atoms with Crippen LogP contribution in [0.4, 0.5) is 5.69 Å². The summed E-state index contributed by atoms with van der Waals surface area (Å²) in [5.41, 5.74) is 0.945. The molecular weight excluding hydrogens is 432 g/mol. The molecule has 0 aromatic heterocycles. The van der Waals surface area contributed by atoms with Gasteiger partial charge in [0.15, 0.2) is 11.5 Å². The van der Waals surface area contributed by atoms with E-state index in [-0.39, 0.29) is 18.0 Å². The minimum Gasteiger partial charge on any atom is -0.495 e. The molecule has 164 valence electrons. The Kier molecular flexibility index (Phi) is 7.80. The van der Waals surface area contributed by atoms with E-state index in [4.69, 9.17) is 25.8 Å². The molecule has 0 radical (unpaired) electrons. The van der Waals surface area contributed by atoms with Crippen molar-refractivity contribution in [3.05, 3.63) is 47.0 Å². The zero-order valence-corrected chi connectivity index (χ0v) is 19.0. The molecule has 0 saturated heterocycles. The van der Waals surface area contributed by atoms with Gasteiger partial charge in [-0.05, 0) is 42.8 Å². The van der Waals surface area contributed by atoms with Crippen molar-refractivity contribution in [1.29, 1.82) is 0 Å². The second-order valence-corrected chi connectivity index (χ2v) is 8.75. The van der Waals surface area contributed by atoms with Gasteiger partial charge in [-0.1, -0.05) is 17.7 Å². The van der Waals surface area contributed by atoms with Gasteiger partial charge in [0.1, 0.15) is 11.8 Å². The number of carbonyl (C=O) groups excluding carboxylic acids is 1. The monoisotopic (exact) mass is 456 g/mol. The SMILES string of the molecule is COc1ccc(CNC(=O)[C@H](C)N(c2cc(Cl)ccc2OC)S(C)(=O)=O)cc1OC. The molecule has 0 aliphatic carbocycles. The van der Waals surface area contributed by atoms with E-state index in [1.165, 1.54) is 34.3 Å². The van der Waals surface area contributed by atoms with Crippen LogP contribution in [0.3, 0.4) is 0 Å². The van der Waals surface area contributed by atoms with Crippen LogP contribution in [0, 0.1) is 0 Å². The summed E-state index contributed by atoms with van der Waals surface area (Å²) in [6.07, 6.45) is 1.02. The van der Waals surface area contributed by atoms with Crippen LogP contribution in [0.1, 0.15) is 12.5 Å². The minimum absolute atomic E-state index is 0.174. The molecule has 2 rings (SSSR count). The average molecular weight is 457 g/mol. The van der Waals surface area contributed by atoms with Gasteiger partial charge in [-0.2, -0.15) is 0 Å². The molecule has 0 aliphatic rings. The molecule has 0 unspecified atom stereocenters. The summed E-state index contributed by atoms with van der Waals surface area (Å²) < 4.78 is 41.7. The maximum Gasteiger partial charge on any atom is 0.243 e. The third-order valence-electron chi connectivity index (χ3n) is 4.38. The minimum atomic E-state index is -3.82. The largest absolute Gasteiger partial charge is 0.495 e. The van der Waals surface area contributed by atoms with E-state index in [9.17, 15) is 13.2 Å². The van der Waals surface area contributed by atoms with Gasteiger partial charge >= 0.3 is 0 Å². The van der Waals surface area contributed by atoms with Gasteiger partial charge in [0, 0.05) is 11.6 Å². The van der Waals surface area contributed by atoms with Crippen LogP contribution < -0.4 is 23.8 Å².